The van der Waals surface area contributed by atoms with Crippen LogP contribution in [0.15, 0.2) is 35.7 Å². The number of thiophene rings is 1. The maximum absolute atomic E-state index is 5.52. The standard InChI is InChI=1S/C15H19NO2S/c1-12-7-10-19-15(12)11-16-13-3-5-14(6-4-13)18-9-8-17-2/h3-7,10,16H,8-9,11H2,1-2H3. The van der Waals surface area contributed by atoms with E-state index in [-0.39, 0.29) is 0 Å². The van der Waals surface area contributed by atoms with Gasteiger partial charge in [-0.15, -0.1) is 11.3 Å². The van der Waals surface area contributed by atoms with Crippen molar-refractivity contribution < 1.29 is 9.47 Å². The van der Waals surface area contributed by atoms with Gasteiger partial charge < -0.3 is 14.8 Å². The molecule has 2 rings (SSSR count). The highest BCUT2D eigenvalue weighted by Crippen LogP contribution is 2.19. The van der Waals surface area contributed by atoms with Gasteiger partial charge in [0.05, 0.1) is 6.61 Å². The average molecular weight is 277 g/mol. The normalized spacial score (nSPS) is 10.4. The summed E-state index contributed by atoms with van der Waals surface area (Å²) in [7, 11) is 1.67. The summed E-state index contributed by atoms with van der Waals surface area (Å²) in [5.74, 6) is 0.870. The number of anilines is 1. The Hall–Kier alpha value is -1.52. The van der Waals surface area contributed by atoms with Gasteiger partial charge in [0.25, 0.3) is 0 Å². The Morgan fingerprint density at radius 3 is 2.53 bits per heavy atom. The van der Waals surface area contributed by atoms with E-state index in [2.05, 4.69) is 23.7 Å². The fourth-order valence-corrected chi connectivity index (χ4v) is 2.53. The first-order valence-corrected chi connectivity index (χ1v) is 7.16. The topological polar surface area (TPSA) is 30.5 Å². The van der Waals surface area contributed by atoms with Crippen LogP contribution in [0.4, 0.5) is 5.69 Å². The minimum atomic E-state index is 0.581. The molecule has 3 nitrogen and oxygen atoms in total. The Kier molecular flexibility index (Phi) is 5.24. The number of rotatable bonds is 7. The van der Waals surface area contributed by atoms with Crippen LogP contribution in [0.3, 0.4) is 0 Å². The first kappa shape index (κ1) is 13.9. The number of benzene rings is 1. The molecule has 102 valence electrons. The first-order chi connectivity index (χ1) is 9.29. The highest BCUT2D eigenvalue weighted by atomic mass is 32.1. The summed E-state index contributed by atoms with van der Waals surface area (Å²) >= 11 is 1.78. The smallest absolute Gasteiger partial charge is 0.119 e. The summed E-state index contributed by atoms with van der Waals surface area (Å²) in [5, 5.41) is 5.54. The minimum absolute atomic E-state index is 0.581. The quantitative estimate of drug-likeness (QED) is 0.783. The number of methoxy groups -OCH3 is 1. The molecule has 0 fully saturated rings. The number of hydrogen-bond donors (Lipinski definition) is 1. The van der Waals surface area contributed by atoms with Gasteiger partial charge in [0.15, 0.2) is 0 Å². The van der Waals surface area contributed by atoms with Crippen LogP contribution in [0, 0.1) is 6.92 Å². The van der Waals surface area contributed by atoms with Crippen molar-refractivity contribution in [3.05, 3.63) is 46.2 Å². The van der Waals surface area contributed by atoms with Gasteiger partial charge in [-0.25, -0.2) is 0 Å². The molecular formula is C15H19NO2S. The molecule has 0 radical (unpaired) electrons. The summed E-state index contributed by atoms with van der Waals surface area (Å²) in [6.45, 7) is 4.20. The van der Waals surface area contributed by atoms with Gasteiger partial charge >= 0.3 is 0 Å². The monoisotopic (exact) mass is 277 g/mol. The van der Waals surface area contributed by atoms with Crippen molar-refractivity contribution in [2.75, 3.05) is 25.6 Å². The summed E-state index contributed by atoms with van der Waals surface area (Å²) < 4.78 is 10.5. The molecule has 1 aromatic carbocycles. The van der Waals surface area contributed by atoms with Crippen molar-refractivity contribution in [2.24, 2.45) is 0 Å². The molecule has 1 aromatic heterocycles. The molecule has 0 aliphatic heterocycles. The second kappa shape index (κ2) is 7.16. The molecule has 0 aliphatic rings. The fraction of sp³-hybridized carbons (Fsp3) is 0.333. The molecular weight excluding hydrogens is 258 g/mol. The minimum Gasteiger partial charge on any atom is -0.491 e. The van der Waals surface area contributed by atoms with Crippen LogP contribution in [0.25, 0.3) is 0 Å². The highest BCUT2D eigenvalue weighted by Gasteiger charge is 2.00. The number of aryl methyl sites for hydroxylation is 1. The van der Waals surface area contributed by atoms with E-state index in [1.54, 1.807) is 18.4 Å². The van der Waals surface area contributed by atoms with E-state index in [4.69, 9.17) is 9.47 Å². The summed E-state index contributed by atoms with van der Waals surface area (Å²) in [6, 6.07) is 10.2. The molecule has 0 unspecified atom stereocenters. The maximum Gasteiger partial charge on any atom is 0.119 e. The molecule has 0 amide bonds. The Labute approximate surface area is 118 Å². The molecule has 0 saturated carbocycles. The maximum atomic E-state index is 5.52. The zero-order valence-electron chi connectivity index (χ0n) is 11.3. The zero-order valence-corrected chi connectivity index (χ0v) is 12.1. The summed E-state index contributed by atoms with van der Waals surface area (Å²) in [5.41, 5.74) is 2.45. The van der Waals surface area contributed by atoms with Crippen LogP contribution < -0.4 is 10.1 Å². The van der Waals surface area contributed by atoms with Gasteiger partial charge in [-0.2, -0.15) is 0 Å². The predicted octanol–water partition coefficient (Wildman–Crippen LogP) is 3.69. The van der Waals surface area contributed by atoms with Gasteiger partial charge in [-0.1, -0.05) is 0 Å². The van der Waals surface area contributed by atoms with Crippen LogP contribution in [-0.4, -0.2) is 20.3 Å². The molecule has 0 atom stereocenters. The molecule has 1 N–H and O–H groups in total. The van der Waals surface area contributed by atoms with E-state index in [0.29, 0.717) is 13.2 Å². The van der Waals surface area contributed by atoms with Crippen molar-refractivity contribution in [2.45, 2.75) is 13.5 Å². The molecule has 0 aliphatic carbocycles. The van der Waals surface area contributed by atoms with Crippen molar-refractivity contribution in [3.8, 4) is 5.75 Å². The van der Waals surface area contributed by atoms with E-state index >= 15 is 0 Å². The first-order valence-electron chi connectivity index (χ1n) is 6.28. The second-order valence-corrected chi connectivity index (χ2v) is 5.25. The van der Waals surface area contributed by atoms with E-state index < -0.39 is 0 Å². The van der Waals surface area contributed by atoms with Crippen molar-refractivity contribution >= 4 is 17.0 Å². The lowest BCUT2D eigenvalue weighted by Gasteiger charge is -2.08. The SMILES string of the molecule is COCCOc1ccc(NCc2sccc2C)cc1. The third kappa shape index (κ3) is 4.26. The lowest BCUT2D eigenvalue weighted by molar-refractivity contribution is 0.146. The average Bonchev–Trinajstić information content (AvgIpc) is 2.84. The second-order valence-electron chi connectivity index (χ2n) is 4.25. The van der Waals surface area contributed by atoms with E-state index in [9.17, 15) is 0 Å². The highest BCUT2D eigenvalue weighted by molar-refractivity contribution is 7.10. The van der Waals surface area contributed by atoms with E-state index in [1.165, 1.54) is 10.4 Å². The molecule has 2 aromatic rings. The summed E-state index contributed by atoms with van der Waals surface area (Å²) in [4.78, 5) is 1.38. The Morgan fingerprint density at radius 1 is 1.11 bits per heavy atom. The van der Waals surface area contributed by atoms with Crippen molar-refractivity contribution in [3.63, 3.8) is 0 Å². The largest absolute Gasteiger partial charge is 0.491 e. The van der Waals surface area contributed by atoms with Gasteiger partial charge in [-0.3, -0.25) is 0 Å². The van der Waals surface area contributed by atoms with Crippen LogP contribution in [0.2, 0.25) is 0 Å². The Bertz CT molecular complexity index is 493. The van der Waals surface area contributed by atoms with E-state index in [0.717, 1.165) is 18.0 Å². The molecule has 0 bridgehead atoms. The molecule has 0 spiro atoms. The van der Waals surface area contributed by atoms with Gasteiger partial charge in [0.1, 0.15) is 12.4 Å². The van der Waals surface area contributed by atoms with Crippen molar-refractivity contribution in [1.29, 1.82) is 0 Å². The van der Waals surface area contributed by atoms with Crippen LogP contribution >= 0.6 is 11.3 Å². The third-order valence-electron chi connectivity index (χ3n) is 2.83. The van der Waals surface area contributed by atoms with Gasteiger partial charge in [-0.05, 0) is 48.2 Å². The number of nitrogens with one attached hydrogen (secondary N) is 1. The lowest BCUT2D eigenvalue weighted by Crippen LogP contribution is -2.04. The summed E-state index contributed by atoms with van der Waals surface area (Å²) in [6.07, 6.45) is 0. The van der Waals surface area contributed by atoms with Crippen molar-refractivity contribution in [1.82, 2.24) is 0 Å². The molecule has 0 saturated heterocycles. The predicted molar refractivity (Wildman–Crippen MR) is 80.2 cm³/mol. The van der Waals surface area contributed by atoms with Gasteiger partial charge in [0.2, 0.25) is 0 Å². The van der Waals surface area contributed by atoms with Crippen LogP contribution in [0.5, 0.6) is 5.75 Å². The van der Waals surface area contributed by atoms with Gasteiger partial charge in [0, 0.05) is 24.2 Å². The van der Waals surface area contributed by atoms with E-state index in [1.807, 2.05) is 24.3 Å². The molecule has 19 heavy (non-hydrogen) atoms. The Balaban J connectivity index is 1.83. The molecule has 4 heteroatoms. The van der Waals surface area contributed by atoms with Crippen LogP contribution in [-0.2, 0) is 11.3 Å². The number of ether oxygens (including phenoxy) is 2. The fourth-order valence-electron chi connectivity index (χ4n) is 1.68. The van der Waals surface area contributed by atoms with Crippen LogP contribution in [0.1, 0.15) is 10.4 Å². The lowest BCUT2D eigenvalue weighted by atomic mass is 10.2. The zero-order chi connectivity index (χ0) is 13.5. The third-order valence-corrected chi connectivity index (χ3v) is 3.85. The molecule has 1 heterocycles. The Morgan fingerprint density at radius 2 is 1.89 bits per heavy atom. The number of hydrogen-bond acceptors (Lipinski definition) is 4.